The monoisotopic (exact) mass is 293 g/mol. The van der Waals surface area contributed by atoms with Crippen molar-refractivity contribution >= 4 is 0 Å². The number of rotatable bonds is 6. The van der Waals surface area contributed by atoms with Crippen LogP contribution in [0.2, 0.25) is 0 Å². The molecule has 0 unspecified atom stereocenters. The summed E-state index contributed by atoms with van der Waals surface area (Å²) in [6, 6.07) is 2.09. The Hall–Kier alpha value is -1.69. The van der Waals surface area contributed by atoms with Crippen LogP contribution in [0.1, 0.15) is 49.3 Å². The van der Waals surface area contributed by atoms with Crippen molar-refractivity contribution in [2.24, 2.45) is 7.05 Å². The van der Waals surface area contributed by atoms with Gasteiger partial charge in [0, 0.05) is 32.2 Å². The van der Waals surface area contributed by atoms with Crippen molar-refractivity contribution in [3.63, 3.8) is 0 Å². The highest BCUT2D eigenvalue weighted by Crippen LogP contribution is 2.15. The van der Waals surface area contributed by atoms with E-state index in [-0.39, 0.29) is 5.95 Å². The summed E-state index contributed by atoms with van der Waals surface area (Å²) < 4.78 is 17.3. The summed E-state index contributed by atoms with van der Waals surface area (Å²) in [6.07, 6.45) is 0. The van der Waals surface area contributed by atoms with Crippen LogP contribution in [0.15, 0.2) is 6.07 Å². The van der Waals surface area contributed by atoms with Gasteiger partial charge in [0.05, 0.1) is 17.1 Å². The summed E-state index contributed by atoms with van der Waals surface area (Å²) in [6.45, 7) is 9.65. The van der Waals surface area contributed by atoms with Gasteiger partial charge in [0.25, 0.3) is 0 Å². The molecule has 0 aliphatic rings. The first kappa shape index (κ1) is 15.7. The molecule has 2 aromatic rings. The van der Waals surface area contributed by atoms with Crippen LogP contribution in [0, 0.1) is 12.9 Å². The van der Waals surface area contributed by atoms with Gasteiger partial charge in [0.15, 0.2) is 0 Å². The maximum atomic E-state index is 14.1. The van der Waals surface area contributed by atoms with E-state index in [1.54, 1.807) is 0 Å². The fraction of sp³-hybridized carbons (Fsp3) is 0.600. The lowest BCUT2D eigenvalue weighted by Gasteiger charge is -2.04. The number of halogens is 1. The molecule has 0 saturated heterocycles. The van der Waals surface area contributed by atoms with E-state index in [1.807, 2.05) is 25.6 Å². The van der Waals surface area contributed by atoms with Gasteiger partial charge in [-0.1, -0.05) is 13.8 Å². The number of aryl methyl sites for hydroxylation is 3. The summed E-state index contributed by atoms with van der Waals surface area (Å²) in [5, 5.41) is 11.9. The van der Waals surface area contributed by atoms with Crippen LogP contribution in [0.3, 0.4) is 0 Å². The first-order valence-corrected chi connectivity index (χ1v) is 7.39. The molecule has 0 fully saturated rings. The minimum Gasteiger partial charge on any atom is -0.307 e. The van der Waals surface area contributed by atoms with Gasteiger partial charge >= 0.3 is 0 Å². The van der Waals surface area contributed by atoms with E-state index in [2.05, 4.69) is 35.4 Å². The van der Waals surface area contributed by atoms with E-state index in [0.717, 1.165) is 17.1 Å². The van der Waals surface area contributed by atoms with Gasteiger partial charge in [-0.15, -0.1) is 0 Å². The number of nitrogens with one attached hydrogen (secondary N) is 1. The summed E-state index contributed by atoms with van der Waals surface area (Å²) in [5.41, 5.74) is 3.56. The topological polar surface area (TPSA) is 47.7 Å². The summed E-state index contributed by atoms with van der Waals surface area (Å²) in [7, 11) is 1.93. The third kappa shape index (κ3) is 3.32. The molecule has 1 N–H and O–H groups in total. The van der Waals surface area contributed by atoms with Crippen LogP contribution in [0.25, 0.3) is 0 Å². The Morgan fingerprint density at radius 3 is 2.52 bits per heavy atom. The van der Waals surface area contributed by atoms with E-state index >= 15 is 0 Å². The Morgan fingerprint density at radius 2 is 2.00 bits per heavy atom. The molecule has 0 aliphatic heterocycles. The molecule has 0 aliphatic carbocycles. The van der Waals surface area contributed by atoms with E-state index in [4.69, 9.17) is 0 Å². The Bertz CT molecular complexity index is 612. The second-order valence-electron chi connectivity index (χ2n) is 5.61. The molecule has 0 radical (unpaired) electrons. The van der Waals surface area contributed by atoms with Crippen molar-refractivity contribution in [2.75, 3.05) is 0 Å². The van der Waals surface area contributed by atoms with Gasteiger partial charge in [0.1, 0.15) is 0 Å². The molecule has 2 aromatic heterocycles. The zero-order chi connectivity index (χ0) is 15.6. The minimum atomic E-state index is -0.240. The largest absolute Gasteiger partial charge is 0.307 e. The standard InChI is InChI=1S/C15H24FN5/c1-6-21-15(16)13(11(4)18-21)9-17-8-12-7-14(10(2)3)19-20(12)5/h7,10,17H,6,8-9H2,1-5H3. The lowest BCUT2D eigenvalue weighted by molar-refractivity contribution is 0.459. The zero-order valence-electron chi connectivity index (χ0n) is 13.4. The predicted molar refractivity (Wildman–Crippen MR) is 80.4 cm³/mol. The van der Waals surface area contributed by atoms with Crippen LogP contribution in [0.5, 0.6) is 0 Å². The van der Waals surface area contributed by atoms with Gasteiger partial charge in [-0.2, -0.15) is 14.6 Å². The molecule has 21 heavy (non-hydrogen) atoms. The van der Waals surface area contributed by atoms with Crippen LogP contribution in [0.4, 0.5) is 4.39 Å². The van der Waals surface area contributed by atoms with Crippen molar-refractivity contribution in [3.8, 4) is 0 Å². The molecular formula is C15H24FN5. The zero-order valence-corrected chi connectivity index (χ0v) is 13.4. The predicted octanol–water partition coefficient (Wildman–Crippen LogP) is 2.50. The quantitative estimate of drug-likeness (QED) is 0.890. The highest BCUT2D eigenvalue weighted by atomic mass is 19.1. The smallest absolute Gasteiger partial charge is 0.216 e. The van der Waals surface area contributed by atoms with Crippen molar-refractivity contribution in [1.29, 1.82) is 0 Å². The Labute approximate surface area is 125 Å². The molecule has 0 aromatic carbocycles. The third-order valence-corrected chi connectivity index (χ3v) is 3.68. The molecule has 0 spiro atoms. The van der Waals surface area contributed by atoms with Gasteiger partial charge in [-0.25, -0.2) is 4.68 Å². The molecule has 0 amide bonds. The number of nitrogens with zero attached hydrogens (tertiary/aromatic N) is 4. The molecule has 0 saturated carbocycles. The number of hydrogen-bond acceptors (Lipinski definition) is 3. The average Bonchev–Trinajstić information content (AvgIpc) is 2.93. The molecule has 5 nitrogen and oxygen atoms in total. The van der Waals surface area contributed by atoms with Crippen molar-refractivity contribution in [1.82, 2.24) is 24.9 Å². The molecule has 2 rings (SSSR count). The summed E-state index contributed by atoms with van der Waals surface area (Å²) in [4.78, 5) is 0. The molecule has 116 valence electrons. The lowest BCUT2D eigenvalue weighted by atomic mass is 10.1. The van der Waals surface area contributed by atoms with E-state index in [9.17, 15) is 4.39 Å². The van der Waals surface area contributed by atoms with Gasteiger partial charge in [-0.3, -0.25) is 4.68 Å². The van der Waals surface area contributed by atoms with Crippen LogP contribution in [-0.2, 0) is 26.7 Å². The normalized spacial score (nSPS) is 11.6. The van der Waals surface area contributed by atoms with Crippen LogP contribution < -0.4 is 5.32 Å². The molecular weight excluding hydrogens is 269 g/mol. The number of aromatic nitrogens is 4. The molecule has 6 heteroatoms. The SMILES string of the molecule is CCn1nc(C)c(CNCc2cc(C(C)C)nn2C)c1F. The maximum Gasteiger partial charge on any atom is 0.216 e. The first-order valence-electron chi connectivity index (χ1n) is 7.39. The average molecular weight is 293 g/mol. The highest BCUT2D eigenvalue weighted by molar-refractivity contribution is 5.18. The fourth-order valence-electron chi connectivity index (χ4n) is 2.29. The Morgan fingerprint density at radius 1 is 1.29 bits per heavy atom. The molecule has 0 atom stereocenters. The first-order chi connectivity index (χ1) is 9.93. The van der Waals surface area contributed by atoms with Crippen molar-refractivity contribution < 1.29 is 4.39 Å². The van der Waals surface area contributed by atoms with E-state index in [0.29, 0.717) is 31.1 Å². The van der Waals surface area contributed by atoms with Crippen LogP contribution >= 0.6 is 0 Å². The Kier molecular flexibility index (Phi) is 4.77. The maximum absolute atomic E-state index is 14.1. The fourth-order valence-corrected chi connectivity index (χ4v) is 2.29. The van der Waals surface area contributed by atoms with E-state index in [1.165, 1.54) is 4.68 Å². The van der Waals surface area contributed by atoms with Gasteiger partial charge < -0.3 is 5.32 Å². The number of hydrogen-bond donors (Lipinski definition) is 1. The van der Waals surface area contributed by atoms with Gasteiger partial charge in [0.2, 0.25) is 5.95 Å². The third-order valence-electron chi connectivity index (χ3n) is 3.68. The summed E-state index contributed by atoms with van der Waals surface area (Å²) >= 11 is 0. The minimum absolute atomic E-state index is 0.240. The summed E-state index contributed by atoms with van der Waals surface area (Å²) in [5.74, 6) is 0.169. The molecule has 0 bridgehead atoms. The van der Waals surface area contributed by atoms with Crippen LogP contribution in [-0.4, -0.2) is 19.6 Å². The van der Waals surface area contributed by atoms with Crippen molar-refractivity contribution in [3.05, 3.63) is 34.7 Å². The second-order valence-corrected chi connectivity index (χ2v) is 5.61. The molecule has 2 heterocycles. The van der Waals surface area contributed by atoms with Gasteiger partial charge in [-0.05, 0) is 25.8 Å². The second kappa shape index (κ2) is 6.39. The van der Waals surface area contributed by atoms with E-state index < -0.39 is 0 Å². The lowest BCUT2D eigenvalue weighted by Crippen LogP contribution is -2.16. The van der Waals surface area contributed by atoms with Crippen molar-refractivity contribution in [2.45, 2.75) is 53.2 Å². The highest BCUT2D eigenvalue weighted by Gasteiger charge is 2.14. The Balaban J connectivity index is 2.00.